The number of anilines is 1. The van der Waals surface area contributed by atoms with Gasteiger partial charge in [-0.25, -0.2) is 0 Å². The van der Waals surface area contributed by atoms with Crippen LogP contribution in [0.25, 0.3) is 0 Å². The Labute approximate surface area is 120 Å². The first-order chi connectivity index (χ1) is 9.26. The molecule has 1 amide bonds. The summed E-state index contributed by atoms with van der Waals surface area (Å²) in [5, 5.41) is 19.6. The van der Waals surface area contributed by atoms with E-state index in [0.29, 0.717) is 18.0 Å². The molecular weight excluding hydrogens is 256 g/mol. The lowest BCUT2D eigenvalue weighted by Gasteiger charge is -2.25. The van der Waals surface area contributed by atoms with Crippen LogP contribution in [0.2, 0.25) is 0 Å². The van der Waals surface area contributed by atoms with E-state index in [1.165, 1.54) is 0 Å². The van der Waals surface area contributed by atoms with Crippen molar-refractivity contribution in [1.82, 2.24) is 15.5 Å². The molecule has 6 heteroatoms. The van der Waals surface area contributed by atoms with Gasteiger partial charge in [0.25, 0.3) is 5.91 Å². The highest BCUT2D eigenvalue weighted by atomic mass is 16.3. The number of hydrogen-bond donors (Lipinski definition) is 4. The summed E-state index contributed by atoms with van der Waals surface area (Å²) < 4.78 is 0. The molecule has 1 aromatic heterocycles. The Hall–Kier alpha value is -1.56. The summed E-state index contributed by atoms with van der Waals surface area (Å²) in [7, 11) is 0. The van der Waals surface area contributed by atoms with Crippen LogP contribution in [0.15, 0.2) is 0 Å². The second-order valence-corrected chi connectivity index (χ2v) is 5.99. The van der Waals surface area contributed by atoms with Crippen molar-refractivity contribution in [1.29, 1.82) is 0 Å². The summed E-state index contributed by atoms with van der Waals surface area (Å²) in [6.45, 7) is 7.98. The van der Waals surface area contributed by atoms with E-state index in [1.807, 2.05) is 20.8 Å². The molecule has 0 aromatic carbocycles. The molecule has 0 radical (unpaired) electrons. The van der Waals surface area contributed by atoms with Gasteiger partial charge < -0.3 is 16.2 Å². The summed E-state index contributed by atoms with van der Waals surface area (Å²) >= 11 is 0. The third kappa shape index (κ3) is 4.52. The van der Waals surface area contributed by atoms with Crippen LogP contribution >= 0.6 is 0 Å². The molecule has 1 heterocycles. The summed E-state index contributed by atoms with van der Waals surface area (Å²) in [6, 6.07) is 0. The van der Waals surface area contributed by atoms with E-state index in [9.17, 15) is 9.90 Å². The Bertz CT molecular complexity index is 452. The molecule has 114 valence electrons. The van der Waals surface area contributed by atoms with E-state index >= 15 is 0 Å². The largest absolute Gasteiger partial charge is 0.395 e. The molecule has 5 N–H and O–H groups in total. The lowest BCUT2D eigenvalue weighted by Crippen LogP contribution is -2.41. The molecule has 1 rings (SSSR count). The SMILES string of the molecule is CCCc1[nH]nc(C(=O)NCC(C)(O)CC(C)C)c1N. The topological polar surface area (TPSA) is 104 Å². The van der Waals surface area contributed by atoms with E-state index in [2.05, 4.69) is 15.5 Å². The predicted octanol–water partition coefficient (Wildman–Crippen LogP) is 1.47. The number of aryl methyl sites for hydroxylation is 1. The van der Waals surface area contributed by atoms with E-state index in [4.69, 9.17) is 5.73 Å². The van der Waals surface area contributed by atoms with Gasteiger partial charge in [0.05, 0.1) is 17.0 Å². The zero-order valence-corrected chi connectivity index (χ0v) is 12.8. The van der Waals surface area contributed by atoms with Crippen molar-refractivity contribution in [3.63, 3.8) is 0 Å². The molecule has 0 aliphatic rings. The van der Waals surface area contributed by atoms with Crippen molar-refractivity contribution >= 4 is 11.6 Å². The maximum Gasteiger partial charge on any atom is 0.274 e. The number of nitrogens with one attached hydrogen (secondary N) is 2. The maximum absolute atomic E-state index is 12.0. The van der Waals surface area contributed by atoms with Gasteiger partial charge in [0.2, 0.25) is 0 Å². The number of aromatic amines is 1. The van der Waals surface area contributed by atoms with Crippen LogP contribution in [0, 0.1) is 5.92 Å². The Kier molecular flexibility index (Phi) is 5.56. The van der Waals surface area contributed by atoms with E-state index < -0.39 is 5.60 Å². The van der Waals surface area contributed by atoms with Crippen LogP contribution in [-0.2, 0) is 6.42 Å². The Balaban J connectivity index is 2.63. The van der Waals surface area contributed by atoms with Crippen molar-refractivity contribution in [3.05, 3.63) is 11.4 Å². The number of carbonyl (C=O) groups is 1. The fourth-order valence-electron chi connectivity index (χ4n) is 2.31. The van der Waals surface area contributed by atoms with Crippen molar-refractivity contribution in [2.75, 3.05) is 12.3 Å². The number of hydrogen-bond acceptors (Lipinski definition) is 4. The van der Waals surface area contributed by atoms with E-state index in [1.54, 1.807) is 6.92 Å². The second-order valence-electron chi connectivity index (χ2n) is 5.99. The molecule has 0 aliphatic carbocycles. The predicted molar refractivity (Wildman–Crippen MR) is 79.4 cm³/mol. The minimum atomic E-state index is -0.929. The third-order valence-corrected chi connectivity index (χ3v) is 3.08. The van der Waals surface area contributed by atoms with E-state index in [-0.39, 0.29) is 18.1 Å². The van der Waals surface area contributed by atoms with E-state index in [0.717, 1.165) is 18.5 Å². The quantitative estimate of drug-likeness (QED) is 0.608. The average Bonchev–Trinajstić information content (AvgIpc) is 2.67. The Morgan fingerprint density at radius 2 is 2.20 bits per heavy atom. The van der Waals surface area contributed by atoms with Gasteiger partial charge >= 0.3 is 0 Å². The van der Waals surface area contributed by atoms with Crippen molar-refractivity contribution < 1.29 is 9.90 Å². The molecule has 1 unspecified atom stereocenters. The summed E-state index contributed by atoms with van der Waals surface area (Å²) in [5.74, 6) is -0.00125. The molecule has 1 aromatic rings. The van der Waals surface area contributed by atoms with Gasteiger partial charge in [-0.3, -0.25) is 9.89 Å². The molecule has 0 spiro atoms. The standard InChI is InChI=1S/C14H26N4O2/c1-5-6-10-11(15)12(18-17-10)13(19)16-8-14(4,20)7-9(2)3/h9,20H,5-8,15H2,1-4H3,(H,16,19)(H,17,18). The third-order valence-electron chi connectivity index (χ3n) is 3.08. The molecule has 1 atom stereocenters. The monoisotopic (exact) mass is 282 g/mol. The minimum absolute atomic E-state index is 0.180. The first-order valence-corrected chi connectivity index (χ1v) is 7.10. The first-order valence-electron chi connectivity index (χ1n) is 7.10. The average molecular weight is 282 g/mol. The molecule has 0 aliphatic heterocycles. The molecule has 6 nitrogen and oxygen atoms in total. The highest BCUT2D eigenvalue weighted by molar-refractivity contribution is 5.97. The van der Waals surface area contributed by atoms with Gasteiger partial charge in [-0.05, 0) is 25.7 Å². The second kappa shape index (κ2) is 6.74. The molecule has 0 saturated carbocycles. The lowest BCUT2D eigenvalue weighted by atomic mass is 9.94. The smallest absolute Gasteiger partial charge is 0.274 e. The number of aromatic nitrogens is 2. The van der Waals surface area contributed by atoms with Crippen LogP contribution in [0.1, 0.15) is 56.7 Å². The van der Waals surface area contributed by atoms with Crippen molar-refractivity contribution in [2.45, 2.75) is 52.6 Å². The van der Waals surface area contributed by atoms with Crippen LogP contribution in [0.3, 0.4) is 0 Å². The minimum Gasteiger partial charge on any atom is -0.395 e. The van der Waals surface area contributed by atoms with Crippen LogP contribution in [0.4, 0.5) is 5.69 Å². The zero-order chi connectivity index (χ0) is 15.3. The van der Waals surface area contributed by atoms with Crippen LogP contribution in [-0.4, -0.2) is 33.4 Å². The summed E-state index contributed by atoms with van der Waals surface area (Å²) in [4.78, 5) is 12.0. The Morgan fingerprint density at radius 3 is 2.75 bits per heavy atom. The number of aliphatic hydroxyl groups is 1. The fourth-order valence-corrected chi connectivity index (χ4v) is 2.31. The van der Waals surface area contributed by atoms with Gasteiger partial charge in [0.15, 0.2) is 5.69 Å². The van der Waals surface area contributed by atoms with Gasteiger partial charge in [-0.15, -0.1) is 0 Å². The number of H-pyrrole nitrogens is 1. The Morgan fingerprint density at radius 1 is 1.55 bits per heavy atom. The maximum atomic E-state index is 12.0. The van der Waals surface area contributed by atoms with Crippen molar-refractivity contribution in [3.8, 4) is 0 Å². The first kappa shape index (κ1) is 16.5. The number of nitrogen functional groups attached to an aromatic ring is 1. The molecule has 20 heavy (non-hydrogen) atoms. The molecule has 0 bridgehead atoms. The van der Waals surface area contributed by atoms with Gasteiger partial charge in [0, 0.05) is 6.54 Å². The zero-order valence-electron chi connectivity index (χ0n) is 12.8. The van der Waals surface area contributed by atoms with Crippen LogP contribution in [0.5, 0.6) is 0 Å². The number of carbonyl (C=O) groups excluding carboxylic acids is 1. The highest BCUT2D eigenvalue weighted by Gasteiger charge is 2.24. The number of nitrogens with zero attached hydrogens (tertiary/aromatic N) is 1. The number of amides is 1. The number of nitrogens with two attached hydrogens (primary N) is 1. The van der Waals surface area contributed by atoms with Gasteiger partial charge in [0.1, 0.15) is 0 Å². The normalized spacial score (nSPS) is 14.3. The van der Waals surface area contributed by atoms with Crippen molar-refractivity contribution in [2.24, 2.45) is 5.92 Å². The summed E-state index contributed by atoms with van der Waals surface area (Å²) in [5.41, 5.74) is 6.35. The molecule has 0 fully saturated rings. The number of rotatable bonds is 7. The molecule has 0 saturated heterocycles. The highest BCUT2D eigenvalue weighted by Crippen LogP contribution is 2.17. The fraction of sp³-hybridized carbons (Fsp3) is 0.714. The lowest BCUT2D eigenvalue weighted by molar-refractivity contribution is 0.0367. The van der Waals surface area contributed by atoms with Gasteiger partial charge in [-0.1, -0.05) is 27.2 Å². The summed E-state index contributed by atoms with van der Waals surface area (Å²) in [6.07, 6.45) is 2.30. The molecular formula is C14H26N4O2. The van der Waals surface area contributed by atoms with Gasteiger partial charge in [-0.2, -0.15) is 5.10 Å². The van der Waals surface area contributed by atoms with Crippen LogP contribution < -0.4 is 11.1 Å².